The van der Waals surface area contributed by atoms with Crippen molar-refractivity contribution in [2.24, 2.45) is 5.92 Å². The van der Waals surface area contributed by atoms with Gasteiger partial charge < -0.3 is 10.1 Å². The van der Waals surface area contributed by atoms with Crippen LogP contribution in [0.2, 0.25) is 0 Å². The van der Waals surface area contributed by atoms with E-state index < -0.39 is 0 Å². The number of esters is 1. The Labute approximate surface area is 110 Å². The standard InChI is InChI=1S/C14H26N2O2/c1-10(14(17)18-3)11(2)16(13-6-7-13)9-12-5-4-8-15-12/h10-13,15H,4-9H2,1-3H3. The second-order valence-corrected chi connectivity index (χ2v) is 5.77. The van der Waals surface area contributed by atoms with E-state index in [1.807, 2.05) is 6.92 Å². The van der Waals surface area contributed by atoms with Crippen LogP contribution in [-0.2, 0) is 9.53 Å². The third kappa shape index (κ3) is 3.23. The van der Waals surface area contributed by atoms with Gasteiger partial charge in [0.05, 0.1) is 13.0 Å². The van der Waals surface area contributed by atoms with Gasteiger partial charge in [0.1, 0.15) is 0 Å². The second kappa shape index (κ2) is 6.02. The van der Waals surface area contributed by atoms with E-state index in [9.17, 15) is 4.79 Å². The molecule has 0 aromatic carbocycles. The van der Waals surface area contributed by atoms with E-state index in [-0.39, 0.29) is 17.9 Å². The maximum absolute atomic E-state index is 11.7. The maximum Gasteiger partial charge on any atom is 0.309 e. The van der Waals surface area contributed by atoms with E-state index in [4.69, 9.17) is 4.74 Å². The number of nitrogens with one attached hydrogen (secondary N) is 1. The molecule has 1 N–H and O–H groups in total. The fourth-order valence-electron chi connectivity index (χ4n) is 2.89. The SMILES string of the molecule is COC(=O)C(C)C(C)N(CC1CCCN1)C1CC1. The molecule has 0 aromatic rings. The van der Waals surface area contributed by atoms with Crippen LogP contribution in [-0.4, -0.2) is 49.2 Å². The van der Waals surface area contributed by atoms with Crippen molar-refractivity contribution >= 4 is 5.97 Å². The average molecular weight is 254 g/mol. The molecule has 1 saturated heterocycles. The van der Waals surface area contributed by atoms with Crippen molar-refractivity contribution in [1.29, 1.82) is 0 Å². The molecule has 4 nitrogen and oxygen atoms in total. The minimum atomic E-state index is -0.0902. The third-order valence-corrected chi connectivity index (χ3v) is 4.43. The van der Waals surface area contributed by atoms with Gasteiger partial charge in [-0.2, -0.15) is 0 Å². The van der Waals surface area contributed by atoms with Crippen LogP contribution in [0.3, 0.4) is 0 Å². The van der Waals surface area contributed by atoms with Crippen LogP contribution in [0, 0.1) is 5.92 Å². The highest BCUT2D eigenvalue weighted by Gasteiger charge is 2.37. The summed E-state index contributed by atoms with van der Waals surface area (Å²) >= 11 is 0. The average Bonchev–Trinajstić information content (AvgIpc) is 3.10. The number of hydrogen-bond donors (Lipinski definition) is 1. The predicted molar refractivity (Wildman–Crippen MR) is 71.4 cm³/mol. The fourth-order valence-corrected chi connectivity index (χ4v) is 2.89. The van der Waals surface area contributed by atoms with Gasteiger partial charge in [-0.05, 0) is 39.2 Å². The Morgan fingerprint density at radius 3 is 2.61 bits per heavy atom. The molecule has 0 aromatic heterocycles. The Hall–Kier alpha value is -0.610. The van der Waals surface area contributed by atoms with Crippen molar-refractivity contribution in [3.8, 4) is 0 Å². The number of rotatable bonds is 6. The monoisotopic (exact) mass is 254 g/mol. The first-order valence-corrected chi connectivity index (χ1v) is 7.20. The van der Waals surface area contributed by atoms with Crippen LogP contribution in [0.15, 0.2) is 0 Å². The summed E-state index contributed by atoms with van der Waals surface area (Å²) in [6.07, 6.45) is 5.11. The predicted octanol–water partition coefficient (Wildman–Crippen LogP) is 1.40. The molecule has 1 saturated carbocycles. The molecule has 3 unspecified atom stereocenters. The van der Waals surface area contributed by atoms with Gasteiger partial charge in [-0.3, -0.25) is 9.69 Å². The van der Waals surface area contributed by atoms with Crippen molar-refractivity contribution in [3.63, 3.8) is 0 Å². The summed E-state index contributed by atoms with van der Waals surface area (Å²) in [6, 6.07) is 1.57. The maximum atomic E-state index is 11.7. The fraction of sp³-hybridized carbons (Fsp3) is 0.929. The highest BCUT2D eigenvalue weighted by molar-refractivity contribution is 5.72. The van der Waals surface area contributed by atoms with Gasteiger partial charge in [-0.25, -0.2) is 0 Å². The topological polar surface area (TPSA) is 41.6 Å². The van der Waals surface area contributed by atoms with Gasteiger partial charge in [0.2, 0.25) is 0 Å². The van der Waals surface area contributed by atoms with Gasteiger partial charge in [-0.15, -0.1) is 0 Å². The number of hydrogen-bond acceptors (Lipinski definition) is 4. The van der Waals surface area contributed by atoms with Gasteiger partial charge in [0.15, 0.2) is 0 Å². The zero-order chi connectivity index (χ0) is 13.1. The zero-order valence-corrected chi connectivity index (χ0v) is 11.8. The van der Waals surface area contributed by atoms with Crippen LogP contribution < -0.4 is 5.32 Å². The van der Waals surface area contributed by atoms with Gasteiger partial charge >= 0.3 is 5.97 Å². The molecule has 2 fully saturated rings. The molecule has 0 radical (unpaired) electrons. The molecule has 3 atom stereocenters. The van der Waals surface area contributed by atoms with E-state index in [2.05, 4.69) is 17.1 Å². The summed E-state index contributed by atoms with van der Waals surface area (Å²) in [4.78, 5) is 14.2. The molecule has 4 heteroatoms. The molecule has 1 heterocycles. The lowest BCUT2D eigenvalue weighted by molar-refractivity contribution is -0.147. The Bertz CT molecular complexity index is 286. The van der Waals surface area contributed by atoms with Gasteiger partial charge in [-0.1, -0.05) is 6.92 Å². The third-order valence-electron chi connectivity index (χ3n) is 4.43. The normalized spacial score (nSPS) is 27.2. The molecule has 0 amide bonds. The number of nitrogens with zero attached hydrogens (tertiary/aromatic N) is 1. The second-order valence-electron chi connectivity index (χ2n) is 5.77. The Morgan fingerprint density at radius 2 is 2.11 bits per heavy atom. The number of methoxy groups -OCH3 is 1. The molecule has 0 spiro atoms. The van der Waals surface area contributed by atoms with Crippen molar-refractivity contribution in [2.75, 3.05) is 20.2 Å². The first-order chi connectivity index (χ1) is 8.63. The van der Waals surface area contributed by atoms with Crippen LogP contribution >= 0.6 is 0 Å². The lowest BCUT2D eigenvalue weighted by atomic mass is 10.0. The van der Waals surface area contributed by atoms with Crippen LogP contribution in [0.1, 0.15) is 39.5 Å². The first-order valence-electron chi connectivity index (χ1n) is 7.20. The number of carbonyl (C=O) groups is 1. The Balaban J connectivity index is 1.93. The molecule has 2 aliphatic rings. The molecule has 104 valence electrons. The zero-order valence-electron chi connectivity index (χ0n) is 11.8. The summed E-state index contributed by atoms with van der Waals surface area (Å²) in [5, 5.41) is 3.55. The summed E-state index contributed by atoms with van der Waals surface area (Å²) in [6.45, 7) is 6.36. The smallest absolute Gasteiger partial charge is 0.309 e. The number of carbonyl (C=O) groups excluding carboxylic acids is 1. The van der Waals surface area contributed by atoms with Gasteiger partial charge in [0.25, 0.3) is 0 Å². The minimum absolute atomic E-state index is 0.0444. The quantitative estimate of drug-likeness (QED) is 0.728. The van der Waals surface area contributed by atoms with Crippen molar-refractivity contribution < 1.29 is 9.53 Å². The van der Waals surface area contributed by atoms with E-state index in [1.54, 1.807) is 0 Å². The van der Waals surface area contributed by atoms with Crippen LogP contribution in [0.4, 0.5) is 0 Å². The van der Waals surface area contributed by atoms with Crippen molar-refractivity contribution in [3.05, 3.63) is 0 Å². The Kier molecular flexibility index (Phi) is 4.62. The lowest BCUT2D eigenvalue weighted by Crippen LogP contribution is -2.47. The molecule has 2 rings (SSSR count). The summed E-state index contributed by atoms with van der Waals surface area (Å²) < 4.78 is 4.87. The molecule has 1 aliphatic carbocycles. The summed E-state index contributed by atoms with van der Waals surface area (Å²) in [7, 11) is 1.48. The van der Waals surface area contributed by atoms with E-state index in [0.29, 0.717) is 12.1 Å². The van der Waals surface area contributed by atoms with Crippen LogP contribution in [0.5, 0.6) is 0 Å². The highest BCUT2D eigenvalue weighted by Crippen LogP contribution is 2.31. The van der Waals surface area contributed by atoms with Crippen molar-refractivity contribution in [2.45, 2.75) is 57.7 Å². The first kappa shape index (κ1) is 13.8. The van der Waals surface area contributed by atoms with Crippen LogP contribution in [0.25, 0.3) is 0 Å². The summed E-state index contributed by atoms with van der Waals surface area (Å²) in [5.41, 5.74) is 0. The van der Waals surface area contributed by atoms with E-state index >= 15 is 0 Å². The highest BCUT2D eigenvalue weighted by atomic mass is 16.5. The van der Waals surface area contributed by atoms with Crippen molar-refractivity contribution in [1.82, 2.24) is 10.2 Å². The molecular formula is C14H26N2O2. The lowest BCUT2D eigenvalue weighted by Gasteiger charge is -2.34. The van der Waals surface area contributed by atoms with Gasteiger partial charge in [0, 0.05) is 24.7 Å². The number of ether oxygens (including phenoxy) is 1. The molecule has 1 aliphatic heterocycles. The summed E-state index contributed by atoms with van der Waals surface area (Å²) in [5.74, 6) is -0.135. The molecule has 0 bridgehead atoms. The van der Waals surface area contributed by atoms with E-state index in [0.717, 1.165) is 13.1 Å². The largest absolute Gasteiger partial charge is 0.469 e. The molecular weight excluding hydrogens is 228 g/mol. The van der Waals surface area contributed by atoms with E-state index in [1.165, 1.54) is 32.8 Å². The Morgan fingerprint density at radius 1 is 1.39 bits per heavy atom. The molecule has 18 heavy (non-hydrogen) atoms. The minimum Gasteiger partial charge on any atom is -0.469 e.